The number of carbonyl (C=O) groups excluding carboxylic acids is 1. The van der Waals surface area contributed by atoms with Crippen molar-refractivity contribution in [3.05, 3.63) is 23.3 Å². The van der Waals surface area contributed by atoms with Crippen LogP contribution in [-0.2, 0) is 16.9 Å². The second-order valence-electron chi connectivity index (χ2n) is 3.80. The Morgan fingerprint density at radius 2 is 2.47 bits per heavy atom. The van der Waals surface area contributed by atoms with Gasteiger partial charge in [0.15, 0.2) is 0 Å². The van der Waals surface area contributed by atoms with Crippen molar-refractivity contribution < 1.29 is 9.53 Å². The monoisotopic (exact) mass is 207 g/mol. The molecule has 5 nitrogen and oxygen atoms in total. The highest BCUT2D eigenvalue weighted by atomic mass is 16.5. The molecule has 2 rings (SSSR count). The first-order valence-electron chi connectivity index (χ1n) is 4.87. The Bertz CT molecular complexity index is 419. The van der Waals surface area contributed by atoms with Crippen LogP contribution < -0.4 is 5.73 Å². The lowest BCUT2D eigenvalue weighted by atomic mass is 9.98. The normalized spacial score (nSPS) is 23.9. The predicted octanol–water partition coefficient (Wildman–Crippen LogP) is 0.731. The van der Waals surface area contributed by atoms with Crippen LogP contribution in [0.3, 0.4) is 0 Å². The molecule has 0 bridgehead atoms. The molecular weight excluding hydrogens is 194 g/mol. The van der Waals surface area contributed by atoms with Crippen molar-refractivity contribution in [2.75, 3.05) is 0 Å². The first-order chi connectivity index (χ1) is 7.07. The smallest absolute Gasteiger partial charge is 0.286 e. The van der Waals surface area contributed by atoms with E-state index in [2.05, 4.69) is 9.97 Å². The predicted molar refractivity (Wildman–Crippen MR) is 53.0 cm³/mol. The molecule has 15 heavy (non-hydrogen) atoms. The number of primary amides is 1. The van der Waals surface area contributed by atoms with Gasteiger partial charge in [0.2, 0.25) is 5.82 Å². The lowest BCUT2D eigenvalue weighted by Gasteiger charge is -2.21. The van der Waals surface area contributed by atoms with Gasteiger partial charge in [-0.3, -0.25) is 4.79 Å². The first-order valence-corrected chi connectivity index (χ1v) is 4.87. The molecule has 0 radical (unpaired) electrons. The van der Waals surface area contributed by atoms with E-state index in [0.29, 0.717) is 6.61 Å². The van der Waals surface area contributed by atoms with Crippen molar-refractivity contribution in [2.24, 2.45) is 5.73 Å². The summed E-state index contributed by atoms with van der Waals surface area (Å²) in [5.41, 5.74) is 6.44. The quantitative estimate of drug-likeness (QED) is 0.775. The molecule has 0 saturated carbocycles. The number of aromatic nitrogens is 2. The molecule has 1 unspecified atom stereocenters. The highest BCUT2D eigenvalue weighted by Gasteiger charge is 2.36. The fourth-order valence-electron chi connectivity index (χ4n) is 1.66. The summed E-state index contributed by atoms with van der Waals surface area (Å²) < 4.78 is 5.64. The zero-order valence-electron chi connectivity index (χ0n) is 8.78. The van der Waals surface area contributed by atoms with Crippen molar-refractivity contribution in [1.82, 2.24) is 9.97 Å². The summed E-state index contributed by atoms with van der Waals surface area (Å²) in [5.74, 6) is -0.554. The van der Waals surface area contributed by atoms with Crippen molar-refractivity contribution in [3.63, 3.8) is 0 Å². The summed E-state index contributed by atoms with van der Waals surface area (Å²) in [6.45, 7) is 4.47. The van der Waals surface area contributed by atoms with Crippen LogP contribution in [0.4, 0.5) is 0 Å². The zero-order chi connectivity index (χ0) is 11.1. The van der Waals surface area contributed by atoms with Crippen LogP contribution >= 0.6 is 0 Å². The number of hydrogen-bond acceptors (Lipinski definition) is 4. The van der Waals surface area contributed by atoms with Crippen LogP contribution in [0, 0.1) is 0 Å². The molecule has 0 aromatic carbocycles. The van der Waals surface area contributed by atoms with Crippen LogP contribution in [0.15, 0.2) is 6.20 Å². The van der Waals surface area contributed by atoms with Gasteiger partial charge >= 0.3 is 0 Å². The van der Waals surface area contributed by atoms with E-state index in [0.717, 1.165) is 17.7 Å². The molecule has 1 amide bonds. The Labute approximate surface area is 87.7 Å². The van der Waals surface area contributed by atoms with Crippen LogP contribution in [0.1, 0.15) is 42.1 Å². The molecule has 80 valence electrons. The standard InChI is InChI=1S/C10H13N3O2/c1-3-10(2)7-6(5-15-10)4-12-9(13-7)8(11)14/h4H,3,5H2,1-2H3,(H2,11,14). The number of nitrogens with two attached hydrogens (primary N) is 1. The summed E-state index contributed by atoms with van der Waals surface area (Å²) in [7, 11) is 0. The van der Waals surface area contributed by atoms with Crippen LogP contribution in [-0.4, -0.2) is 15.9 Å². The van der Waals surface area contributed by atoms with Gasteiger partial charge in [-0.2, -0.15) is 0 Å². The summed E-state index contributed by atoms with van der Waals surface area (Å²) in [6.07, 6.45) is 2.42. The minimum absolute atomic E-state index is 0.0546. The van der Waals surface area contributed by atoms with E-state index in [9.17, 15) is 4.79 Å². The van der Waals surface area contributed by atoms with Gasteiger partial charge in [-0.1, -0.05) is 6.92 Å². The average Bonchev–Trinajstić information content (AvgIpc) is 2.57. The Hall–Kier alpha value is -1.49. The number of fused-ring (bicyclic) bond motifs is 1. The van der Waals surface area contributed by atoms with Crippen LogP contribution in [0.2, 0.25) is 0 Å². The van der Waals surface area contributed by atoms with Gasteiger partial charge in [-0.15, -0.1) is 0 Å². The lowest BCUT2D eigenvalue weighted by molar-refractivity contribution is -0.0282. The SMILES string of the molecule is CCC1(C)OCc2cnc(C(N)=O)nc21. The van der Waals surface area contributed by atoms with E-state index in [-0.39, 0.29) is 5.82 Å². The third kappa shape index (κ3) is 1.48. The summed E-state index contributed by atoms with van der Waals surface area (Å²) in [4.78, 5) is 19.0. The van der Waals surface area contributed by atoms with Gasteiger partial charge in [0.25, 0.3) is 5.91 Å². The molecule has 1 aromatic rings. The van der Waals surface area contributed by atoms with E-state index < -0.39 is 11.5 Å². The maximum Gasteiger partial charge on any atom is 0.286 e. The lowest BCUT2D eigenvalue weighted by Crippen LogP contribution is -2.23. The molecule has 2 N–H and O–H groups in total. The van der Waals surface area contributed by atoms with E-state index >= 15 is 0 Å². The van der Waals surface area contributed by atoms with Crippen LogP contribution in [0.5, 0.6) is 0 Å². The fourth-order valence-corrected chi connectivity index (χ4v) is 1.66. The number of ether oxygens (including phenoxy) is 1. The van der Waals surface area contributed by atoms with E-state index in [1.165, 1.54) is 0 Å². The molecule has 1 aliphatic rings. The molecule has 1 aromatic heterocycles. The Kier molecular flexibility index (Phi) is 2.19. The summed E-state index contributed by atoms with van der Waals surface area (Å²) in [6, 6.07) is 0. The summed E-state index contributed by atoms with van der Waals surface area (Å²) >= 11 is 0. The number of rotatable bonds is 2. The van der Waals surface area contributed by atoms with Gasteiger partial charge in [-0.25, -0.2) is 9.97 Å². The maximum absolute atomic E-state index is 11.0. The first kappa shape index (κ1) is 10.0. The molecule has 1 atom stereocenters. The highest BCUT2D eigenvalue weighted by Crippen LogP contribution is 2.36. The highest BCUT2D eigenvalue weighted by molar-refractivity contribution is 5.88. The van der Waals surface area contributed by atoms with Gasteiger partial charge in [-0.05, 0) is 13.3 Å². The minimum Gasteiger partial charge on any atom is -0.364 e. The van der Waals surface area contributed by atoms with Gasteiger partial charge in [0.05, 0.1) is 12.3 Å². The van der Waals surface area contributed by atoms with Crippen molar-refractivity contribution in [3.8, 4) is 0 Å². The summed E-state index contributed by atoms with van der Waals surface area (Å²) in [5, 5.41) is 0. The second kappa shape index (κ2) is 3.27. The molecule has 0 saturated heterocycles. The molecule has 0 spiro atoms. The third-order valence-corrected chi connectivity index (χ3v) is 2.81. The Morgan fingerprint density at radius 3 is 3.07 bits per heavy atom. The molecule has 0 aliphatic carbocycles. The third-order valence-electron chi connectivity index (χ3n) is 2.81. The van der Waals surface area contributed by atoms with Crippen LogP contribution in [0.25, 0.3) is 0 Å². The molecular formula is C10H13N3O2. The molecule has 5 heteroatoms. The maximum atomic E-state index is 11.0. The largest absolute Gasteiger partial charge is 0.364 e. The minimum atomic E-state index is -0.608. The van der Waals surface area contributed by atoms with Crippen molar-refractivity contribution in [1.29, 1.82) is 0 Å². The van der Waals surface area contributed by atoms with Crippen molar-refractivity contribution >= 4 is 5.91 Å². The fraction of sp³-hybridized carbons (Fsp3) is 0.500. The Balaban J connectivity index is 2.51. The number of amides is 1. The van der Waals surface area contributed by atoms with Crippen molar-refractivity contribution in [2.45, 2.75) is 32.5 Å². The van der Waals surface area contributed by atoms with Gasteiger partial charge in [0, 0.05) is 11.8 Å². The van der Waals surface area contributed by atoms with E-state index in [1.807, 2.05) is 13.8 Å². The second-order valence-corrected chi connectivity index (χ2v) is 3.80. The zero-order valence-corrected chi connectivity index (χ0v) is 8.78. The number of carbonyl (C=O) groups is 1. The average molecular weight is 207 g/mol. The molecule has 1 aliphatic heterocycles. The van der Waals surface area contributed by atoms with Gasteiger partial charge in [0.1, 0.15) is 5.60 Å². The number of nitrogens with zero attached hydrogens (tertiary/aromatic N) is 2. The molecule has 2 heterocycles. The van der Waals surface area contributed by atoms with Gasteiger partial charge < -0.3 is 10.5 Å². The number of hydrogen-bond donors (Lipinski definition) is 1. The Morgan fingerprint density at radius 1 is 1.73 bits per heavy atom. The van der Waals surface area contributed by atoms with E-state index in [1.54, 1.807) is 6.20 Å². The molecule has 0 fully saturated rings. The van der Waals surface area contributed by atoms with E-state index in [4.69, 9.17) is 10.5 Å². The topological polar surface area (TPSA) is 78.1 Å².